The molecule has 0 radical (unpaired) electrons. The maximum atomic E-state index is 11.0. The van der Waals surface area contributed by atoms with Gasteiger partial charge in [0.15, 0.2) is 0 Å². The molecule has 0 saturated heterocycles. The van der Waals surface area contributed by atoms with Gasteiger partial charge in [-0.2, -0.15) is 5.10 Å². The number of rotatable bonds is 4. The van der Waals surface area contributed by atoms with Crippen LogP contribution in [0.2, 0.25) is 0 Å². The number of carboxylic acids is 1. The SMILES string of the molecule is Cc1ccn([C@H](CC(C)C)C(=O)O)n1. The fourth-order valence-electron chi connectivity index (χ4n) is 1.38. The van der Waals surface area contributed by atoms with Crippen LogP contribution in [0.5, 0.6) is 0 Å². The minimum absolute atomic E-state index is 0.348. The molecule has 0 unspecified atom stereocenters. The third-order valence-electron chi connectivity index (χ3n) is 2.04. The van der Waals surface area contributed by atoms with Crippen LogP contribution in [0.25, 0.3) is 0 Å². The third kappa shape index (κ3) is 2.58. The minimum atomic E-state index is -0.818. The van der Waals surface area contributed by atoms with Crippen molar-refractivity contribution in [3.8, 4) is 0 Å². The number of aromatic nitrogens is 2. The molecule has 1 heterocycles. The molecule has 0 aliphatic carbocycles. The standard InChI is InChI=1S/C10H16N2O2/c1-7(2)6-9(10(13)14)12-5-4-8(3)11-12/h4-5,7,9H,6H2,1-3H3,(H,13,14)/t9-/m1/s1. The van der Waals surface area contributed by atoms with E-state index in [2.05, 4.69) is 5.10 Å². The normalized spacial score (nSPS) is 13.1. The molecule has 4 nitrogen and oxygen atoms in total. The van der Waals surface area contributed by atoms with E-state index in [9.17, 15) is 4.79 Å². The summed E-state index contributed by atoms with van der Waals surface area (Å²) in [6.45, 7) is 5.86. The van der Waals surface area contributed by atoms with E-state index in [1.165, 1.54) is 4.68 Å². The first-order chi connectivity index (χ1) is 6.50. The van der Waals surface area contributed by atoms with Crippen LogP contribution in [0.4, 0.5) is 0 Å². The lowest BCUT2D eigenvalue weighted by Gasteiger charge is -2.14. The fraction of sp³-hybridized carbons (Fsp3) is 0.600. The summed E-state index contributed by atoms with van der Waals surface area (Å²) in [4.78, 5) is 11.0. The zero-order valence-corrected chi connectivity index (χ0v) is 8.77. The Kier molecular flexibility index (Phi) is 3.28. The summed E-state index contributed by atoms with van der Waals surface area (Å²) in [6.07, 6.45) is 2.33. The van der Waals surface area contributed by atoms with Gasteiger partial charge in [0.05, 0.1) is 5.69 Å². The van der Waals surface area contributed by atoms with Gasteiger partial charge in [0.25, 0.3) is 0 Å². The molecule has 0 amide bonds. The lowest BCUT2D eigenvalue weighted by atomic mass is 10.0. The van der Waals surface area contributed by atoms with E-state index in [0.717, 1.165) is 5.69 Å². The van der Waals surface area contributed by atoms with Gasteiger partial charge in [-0.25, -0.2) is 4.79 Å². The first-order valence-corrected chi connectivity index (χ1v) is 4.75. The van der Waals surface area contributed by atoms with Crippen molar-refractivity contribution in [1.82, 2.24) is 9.78 Å². The Balaban J connectivity index is 2.83. The van der Waals surface area contributed by atoms with Gasteiger partial charge in [0, 0.05) is 6.20 Å². The Bertz CT molecular complexity index is 318. The Hall–Kier alpha value is -1.32. The van der Waals surface area contributed by atoms with Crippen molar-refractivity contribution in [3.63, 3.8) is 0 Å². The van der Waals surface area contributed by atoms with Crippen LogP contribution in [0.15, 0.2) is 12.3 Å². The highest BCUT2D eigenvalue weighted by Gasteiger charge is 2.21. The molecule has 0 fully saturated rings. The van der Waals surface area contributed by atoms with Crippen LogP contribution >= 0.6 is 0 Å². The second-order valence-electron chi connectivity index (χ2n) is 3.92. The zero-order valence-electron chi connectivity index (χ0n) is 8.77. The van der Waals surface area contributed by atoms with Gasteiger partial charge in [-0.15, -0.1) is 0 Å². The van der Waals surface area contributed by atoms with E-state index in [1.807, 2.05) is 26.8 Å². The molecular formula is C10H16N2O2. The van der Waals surface area contributed by atoms with E-state index < -0.39 is 12.0 Å². The molecular weight excluding hydrogens is 180 g/mol. The summed E-state index contributed by atoms with van der Waals surface area (Å²) in [5, 5.41) is 13.1. The molecule has 1 aromatic heterocycles. The van der Waals surface area contributed by atoms with Gasteiger partial charge in [-0.1, -0.05) is 13.8 Å². The maximum absolute atomic E-state index is 11.0. The summed E-state index contributed by atoms with van der Waals surface area (Å²) in [7, 11) is 0. The van der Waals surface area contributed by atoms with Gasteiger partial charge in [-0.3, -0.25) is 4.68 Å². The minimum Gasteiger partial charge on any atom is -0.480 e. The second-order valence-corrected chi connectivity index (χ2v) is 3.92. The van der Waals surface area contributed by atoms with E-state index >= 15 is 0 Å². The molecule has 1 N–H and O–H groups in total. The summed E-state index contributed by atoms with van der Waals surface area (Å²) < 4.78 is 1.53. The lowest BCUT2D eigenvalue weighted by molar-refractivity contribution is -0.141. The van der Waals surface area contributed by atoms with Crippen LogP contribution < -0.4 is 0 Å². The van der Waals surface area contributed by atoms with Crippen molar-refractivity contribution in [2.24, 2.45) is 5.92 Å². The molecule has 78 valence electrons. The molecule has 1 atom stereocenters. The van der Waals surface area contributed by atoms with Crippen molar-refractivity contribution in [2.45, 2.75) is 33.2 Å². The quantitative estimate of drug-likeness (QED) is 0.799. The topological polar surface area (TPSA) is 55.1 Å². The first kappa shape index (κ1) is 10.8. The molecule has 0 bridgehead atoms. The predicted octanol–water partition coefficient (Wildman–Crippen LogP) is 1.86. The van der Waals surface area contributed by atoms with Crippen LogP contribution in [-0.4, -0.2) is 20.9 Å². The molecule has 0 aromatic carbocycles. The van der Waals surface area contributed by atoms with Gasteiger partial charge in [-0.05, 0) is 25.3 Å². The fourth-order valence-corrected chi connectivity index (χ4v) is 1.38. The summed E-state index contributed by atoms with van der Waals surface area (Å²) in [6, 6.07) is 1.28. The molecule has 4 heteroatoms. The number of aryl methyl sites for hydroxylation is 1. The third-order valence-corrected chi connectivity index (χ3v) is 2.04. The van der Waals surface area contributed by atoms with Crippen molar-refractivity contribution >= 4 is 5.97 Å². The van der Waals surface area contributed by atoms with Gasteiger partial charge < -0.3 is 5.11 Å². The number of carbonyl (C=O) groups is 1. The van der Waals surface area contributed by atoms with Gasteiger partial charge in [0.1, 0.15) is 6.04 Å². The molecule has 0 saturated carbocycles. The Morgan fingerprint density at radius 1 is 1.64 bits per heavy atom. The largest absolute Gasteiger partial charge is 0.480 e. The smallest absolute Gasteiger partial charge is 0.328 e. The Morgan fingerprint density at radius 3 is 2.64 bits per heavy atom. The van der Waals surface area contributed by atoms with Crippen LogP contribution in [0, 0.1) is 12.8 Å². The number of nitrogens with zero attached hydrogens (tertiary/aromatic N) is 2. The Morgan fingerprint density at radius 2 is 2.29 bits per heavy atom. The Labute approximate surface area is 83.5 Å². The van der Waals surface area contributed by atoms with Crippen molar-refractivity contribution in [1.29, 1.82) is 0 Å². The molecule has 0 aliphatic heterocycles. The van der Waals surface area contributed by atoms with E-state index in [0.29, 0.717) is 12.3 Å². The summed E-state index contributed by atoms with van der Waals surface area (Å²) in [5.74, 6) is -0.470. The molecule has 14 heavy (non-hydrogen) atoms. The molecule has 1 aromatic rings. The number of carboxylic acid groups (broad SMARTS) is 1. The predicted molar refractivity (Wildman–Crippen MR) is 53.1 cm³/mol. The van der Waals surface area contributed by atoms with Crippen LogP contribution in [0.1, 0.15) is 32.0 Å². The average Bonchev–Trinajstić information content (AvgIpc) is 2.46. The first-order valence-electron chi connectivity index (χ1n) is 4.75. The number of hydrogen-bond donors (Lipinski definition) is 1. The van der Waals surface area contributed by atoms with Gasteiger partial charge in [0.2, 0.25) is 0 Å². The molecule has 1 rings (SSSR count). The molecule has 0 aliphatic rings. The number of hydrogen-bond acceptors (Lipinski definition) is 2. The van der Waals surface area contributed by atoms with Crippen LogP contribution in [-0.2, 0) is 4.79 Å². The number of aliphatic carboxylic acids is 1. The van der Waals surface area contributed by atoms with E-state index in [-0.39, 0.29) is 0 Å². The van der Waals surface area contributed by atoms with E-state index in [1.54, 1.807) is 6.20 Å². The summed E-state index contributed by atoms with van der Waals surface area (Å²) >= 11 is 0. The van der Waals surface area contributed by atoms with Crippen molar-refractivity contribution in [3.05, 3.63) is 18.0 Å². The second kappa shape index (κ2) is 4.26. The highest BCUT2D eigenvalue weighted by molar-refractivity contribution is 5.71. The lowest BCUT2D eigenvalue weighted by Crippen LogP contribution is -2.21. The highest BCUT2D eigenvalue weighted by atomic mass is 16.4. The zero-order chi connectivity index (χ0) is 10.7. The average molecular weight is 196 g/mol. The summed E-state index contributed by atoms with van der Waals surface area (Å²) in [5.41, 5.74) is 0.847. The monoisotopic (exact) mass is 196 g/mol. The van der Waals surface area contributed by atoms with Crippen LogP contribution in [0.3, 0.4) is 0 Å². The van der Waals surface area contributed by atoms with Crippen molar-refractivity contribution < 1.29 is 9.90 Å². The highest BCUT2D eigenvalue weighted by Crippen LogP contribution is 2.17. The van der Waals surface area contributed by atoms with Crippen molar-refractivity contribution in [2.75, 3.05) is 0 Å². The van der Waals surface area contributed by atoms with E-state index in [4.69, 9.17) is 5.11 Å². The van der Waals surface area contributed by atoms with Gasteiger partial charge >= 0.3 is 5.97 Å². The maximum Gasteiger partial charge on any atom is 0.328 e. The molecule has 0 spiro atoms.